The van der Waals surface area contributed by atoms with Crippen molar-refractivity contribution in [3.63, 3.8) is 0 Å². The Labute approximate surface area is 119 Å². The first kappa shape index (κ1) is 14.8. The molecule has 1 amide bonds. The number of hydrogen-bond donors (Lipinski definition) is 2. The molecule has 3 N–H and O–H groups in total. The molecule has 1 aromatic rings. The van der Waals surface area contributed by atoms with Gasteiger partial charge in [0.2, 0.25) is 5.91 Å². The zero-order valence-electron chi connectivity index (χ0n) is 11.9. The molecule has 1 aromatic carbocycles. The molecule has 0 saturated heterocycles. The second kappa shape index (κ2) is 7.26. The topological polar surface area (TPSA) is 73.6 Å². The summed E-state index contributed by atoms with van der Waals surface area (Å²) in [6.45, 7) is 1.00. The lowest BCUT2D eigenvalue weighted by atomic mass is 9.87. The number of methoxy groups -OCH3 is 1. The van der Waals surface area contributed by atoms with Crippen LogP contribution >= 0.6 is 0 Å². The van der Waals surface area contributed by atoms with E-state index in [2.05, 4.69) is 5.32 Å². The SMILES string of the molecule is COCCOCC(=O)NC1CCCc2cc(N)ccc21. The third kappa shape index (κ3) is 3.95. The summed E-state index contributed by atoms with van der Waals surface area (Å²) in [7, 11) is 1.61. The number of anilines is 1. The van der Waals surface area contributed by atoms with Crippen molar-refractivity contribution >= 4 is 11.6 Å². The van der Waals surface area contributed by atoms with Gasteiger partial charge in [0, 0.05) is 12.8 Å². The molecule has 1 atom stereocenters. The highest BCUT2D eigenvalue weighted by Crippen LogP contribution is 2.30. The number of nitrogen functional groups attached to an aromatic ring is 1. The van der Waals surface area contributed by atoms with Gasteiger partial charge >= 0.3 is 0 Å². The predicted octanol–water partition coefficient (Wildman–Crippen LogP) is 1.43. The highest BCUT2D eigenvalue weighted by atomic mass is 16.5. The van der Waals surface area contributed by atoms with Crippen LogP contribution in [0.2, 0.25) is 0 Å². The van der Waals surface area contributed by atoms with Gasteiger partial charge < -0.3 is 20.5 Å². The summed E-state index contributed by atoms with van der Waals surface area (Å²) in [5.74, 6) is -0.0872. The van der Waals surface area contributed by atoms with E-state index in [0.29, 0.717) is 13.2 Å². The Morgan fingerprint density at radius 2 is 2.30 bits per heavy atom. The number of rotatable bonds is 6. The number of nitrogens with two attached hydrogens (primary N) is 1. The van der Waals surface area contributed by atoms with Gasteiger partial charge in [0.05, 0.1) is 19.3 Å². The van der Waals surface area contributed by atoms with Crippen molar-refractivity contribution in [1.29, 1.82) is 0 Å². The number of hydrogen-bond acceptors (Lipinski definition) is 4. The lowest BCUT2D eigenvalue weighted by Crippen LogP contribution is -2.33. The van der Waals surface area contributed by atoms with Gasteiger partial charge in [-0.15, -0.1) is 0 Å². The fourth-order valence-electron chi connectivity index (χ4n) is 2.53. The molecule has 20 heavy (non-hydrogen) atoms. The van der Waals surface area contributed by atoms with Crippen LogP contribution in [-0.2, 0) is 20.7 Å². The monoisotopic (exact) mass is 278 g/mol. The fourth-order valence-corrected chi connectivity index (χ4v) is 2.53. The van der Waals surface area contributed by atoms with Gasteiger partial charge in [0.25, 0.3) is 0 Å². The van der Waals surface area contributed by atoms with Crippen LogP contribution in [0.4, 0.5) is 5.69 Å². The standard InChI is InChI=1S/C15H22N2O3/c1-19-7-8-20-10-15(18)17-14-4-2-3-11-9-12(16)5-6-13(11)14/h5-6,9,14H,2-4,7-8,10,16H2,1H3,(H,17,18). The predicted molar refractivity (Wildman–Crippen MR) is 77.4 cm³/mol. The Kier molecular flexibility index (Phi) is 5.38. The lowest BCUT2D eigenvalue weighted by Gasteiger charge is -2.26. The second-order valence-corrected chi connectivity index (χ2v) is 5.02. The van der Waals surface area contributed by atoms with Crippen LogP contribution < -0.4 is 11.1 Å². The van der Waals surface area contributed by atoms with Crippen molar-refractivity contribution in [2.45, 2.75) is 25.3 Å². The van der Waals surface area contributed by atoms with Crippen molar-refractivity contribution in [2.24, 2.45) is 0 Å². The summed E-state index contributed by atoms with van der Waals surface area (Å²) in [5, 5.41) is 3.03. The van der Waals surface area contributed by atoms with Crippen molar-refractivity contribution in [1.82, 2.24) is 5.32 Å². The molecule has 110 valence electrons. The number of carbonyl (C=O) groups excluding carboxylic acids is 1. The van der Waals surface area contributed by atoms with Gasteiger partial charge in [-0.1, -0.05) is 6.07 Å². The molecule has 0 spiro atoms. The molecule has 1 unspecified atom stereocenters. The Bertz CT molecular complexity index is 462. The number of carbonyl (C=O) groups is 1. The summed E-state index contributed by atoms with van der Waals surface area (Å²) in [5.41, 5.74) is 8.99. The Morgan fingerprint density at radius 3 is 3.10 bits per heavy atom. The molecule has 1 aliphatic rings. The molecule has 5 heteroatoms. The number of fused-ring (bicyclic) bond motifs is 1. The van der Waals surface area contributed by atoms with Crippen LogP contribution in [0.25, 0.3) is 0 Å². The first-order valence-corrected chi connectivity index (χ1v) is 6.95. The molecular formula is C15H22N2O3. The normalized spacial score (nSPS) is 17.6. The highest BCUT2D eigenvalue weighted by Gasteiger charge is 2.21. The Balaban J connectivity index is 1.89. The van der Waals surface area contributed by atoms with E-state index < -0.39 is 0 Å². The van der Waals surface area contributed by atoms with E-state index >= 15 is 0 Å². The Morgan fingerprint density at radius 1 is 1.45 bits per heavy atom. The van der Waals surface area contributed by atoms with Crippen LogP contribution in [0.1, 0.15) is 30.0 Å². The molecule has 0 aliphatic heterocycles. The number of benzene rings is 1. The van der Waals surface area contributed by atoms with Gasteiger partial charge in [-0.2, -0.15) is 0 Å². The van der Waals surface area contributed by atoms with Crippen molar-refractivity contribution in [3.8, 4) is 0 Å². The van der Waals surface area contributed by atoms with E-state index in [1.807, 2.05) is 18.2 Å². The van der Waals surface area contributed by atoms with E-state index in [0.717, 1.165) is 24.9 Å². The molecule has 0 fully saturated rings. The quantitative estimate of drug-likeness (QED) is 0.610. The molecule has 0 saturated carbocycles. The van der Waals surface area contributed by atoms with Crippen LogP contribution in [0.3, 0.4) is 0 Å². The summed E-state index contributed by atoms with van der Waals surface area (Å²) in [6, 6.07) is 5.97. The average Bonchev–Trinajstić information content (AvgIpc) is 2.43. The maximum absolute atomic E-state index is 11.8. The van der Waals surface area contributed by atoms with Crippen LogP contribution in [0.5, 0.6) is 0 Å². The van der Waals surface area contributed by atoms with Crippen LogP contribution in [0.15, 0.2) is 18.2 Å². The van der Waals surface area contributed by atoms with Crippen molar-refractivity contribution in [3.05, 3.63) is 29.3 Å². The molecule has 0 bridgehead atoms. The Hall–Kier alpha value is -1.59. The molecule has 0 aromatic heterocycles. The third-order valence-corrected chi connectivity index (χ3v) is 3.48. The largest absolute Gasteiger partial charge is 0.399 e. The van der Waals surface area contributed by atoms with Gasteiger partial charge in [-0.05, 0) is 42.5 Å². The molecule has 2 rings (SSSR count). The van der Waals surface area contributed by atoms with E-state index in [1.165, 1.54) is 11.1 Å². The average molecular weight is 278 g/mol. The smallest absolute Gasteiger partial charge is 0.246 e. The third-order valence-electron chi connectivity index (χ3n) is 3.48. The van der Waals surface area contributed by atoms with E-state index in [-0.39, 0.29) is 18.6 Å². The number of ether oxygens (including phenoxy) is 2. The van der Waals surface area contributed by atoms with Crippen LogP contribution in [-0.4, -0.2) is 32.8 Å². The van der Waals surface area contributed by atoms with Crippen molar-refractivity contribution < 1.29 is 14.3 Å². The molecule has 0 heterocycles. The van der Waals surface area contributed by atoms with Crippen LogP contribution in [0, 0.1) is 0 Å². The van der Waals surface area contributed by atoms with Gasteiger partial charge in [-0.25, -0.2) is 0 Å². The van der Waals surface area contributed by atoms with Gasteiger partial charge in [0.15, 0.2) is 0 Å². The summed E-state index contributed by atoms with van der Waals surface area (Å²) < 4.78 is 10.1. The van der Waals surface area contributed by atoms with E-state index in [9.17, 15) is 4.79 Å². The minimum Gasteiger partial charge on any atom is -0.399 e. The minimum absolute atomic E-state index is 0.0675. The van der Waals surface area contributed by atoms with E-state index in [1.54, 1.807) is 7.11 Å². The van der Waals surface area contributed by atoms with E-state index in [4.69, 9.17) is 15.2 Å². The molecular weight excluding hydrogens is 256 g/mol. The summed E-state index contributed by atoms with van der Waals surface area (Å²) in [6.07, 6.45) is 3.05. The van der Waals surface area contributed by atoms with Crippen molar-refractivity contribution in [2.75, 3.05) is 32.7 Å². The maximum Gasteiger partial charge on any atom is 0.246 e. The molecule has 5 nitrogen and oxygen atoms in total. The zero-order valence-corrected chi connectivity index (χ0v) is 11.9. The number of nitrogens with one attached hydrogen (secondary N) is 1. The number of amides is 1. The fraction of sp³-hybridized carbons (Fsp3) is 0.533. The minimum atomic E-state index is -0.0872. The molecule has 1 aliphatic carbocycles. The highest BCUT2D eigenvalue weighted by molar-refractivity contribution is 5.77. The number of aryl methyl sites for hydroxylation is 1. The van der Waals surface area contributed by atoms with Gasteiger partial charge in [0.1, 0.15) is 6.61 Å². The first-order chi connectivity index (χ1) is 9.70. The lowest BCUT2D eigenvalue weighted by molar-refractivity contribution is -0.127. The van der Waals surface area contributed by atoms with Gasteiger partial charge in [-0.3, -0.25) is 4.79 Å². The second-order valence-electron chi connectivity index (χ2n) is 5.02. The zero-order chi connectivity index (χ0) is 14.4. The molecule has 0 radical (unpaired) electrons. The summed E-state index contributed by atoms with van der Waals surface area (Å²) in [4.78, 5) is 11.8. The first-order valence-electron chi connectivity index (χ1n) is 6.95. The maximum atomic E-state index is 11.8. The summed E-state index contributed by atoms with van der Waals surface area (Å²) >= 11 is 0.